The third-order valence-corrected chi connectivity index (χ3v) is 6.80. The average molecular weight is 430 g/mol. The van der Waals surface area contributed by atoms with Crippen LogP contribution in [-0.4, -0.2) is 65.3 Å². The van der Waals surface area contributed by atoms with Crippen molar-refractivity contribution in [1.29, 1.82) is 0 Å². The van der Waals surface area contributed by atoms with Crippen molar-refractivity contribution >= 4 is 29.2 Å². The molecule has 1 aromatic heterocycles. The molecule has 8 heteroatoms. The number of anilines is 2. The van der Waals surface area contributed by atoms with Crippen LogP contribution in [0.25, 0.3) is 0 Å². The largest absolute Gasteiger partial charge is 0.366 e. The Morgan fingerprint density at radius 1 is 1.13 bits per heavy atom. The Labute approximate surface area is 181 Å². The maximum atomic E-state index is 14.0. The maximum Gasteiger partial charge on any atom is 0.233 e. The second kappa shape index (κ2) is 9.64. The Morgan fingerprint density at radius 2 is 1.93 bits per heavy atom. The number of rotatable bonds is 5. The van der Waals surface area contributed by atoms with Crippen molar-refractivity contribution < 1.29 is 9.18 Å². The normalized spacial score (nSPS) is 19.8. The smallest absolute Gasteiger partial charge is 0.233 e. The number of halogens is 1. The molecule has 0 radical (unpaired) electrons. The van der Waals surface area contributed by atoms with Gasteiger partial charge in [-0.2, -0.15) is 0 Å². The van der Waals surface area contributed by atoms with Crippen LogP contribution in [-0.2, 0) is 4.79 Å². The van der Waals surface area contributed by atoms with E-state index in [4.69, 9.17) is 0 Å². The molecular weight excluding hydrogens is 401 g/mol. The van der Waals surface area contributed by atoms with Crippen LogP contribution in [0.15, 0.2) is 41.7 Å². The molecule has 1 atom stereocenters. The number of carbonyl (C=O) groups excluding carboxylic acids is 1. The minimum atomic E-state index is -0.213. The summed E-state index contributed by atoms with van der Waals surface area (Å²) >= 11 is 1.46. The number of carbonyl (C=O) groups is 1. The molecule has 30 heavy (non-hydrogen) atoms. The topological polar surface area (TPSA) is 52.6 Å². The number of aromatic nitrogens is 2. The van der Waals surface area contributed by atoms with Crippen LogP contribution in [0.5, 0.6) is 0 Å². The van der Waals surface area contributed by atoms with E-state index in [1.165, 1.54) is 37.1 Å². The summed E-state index contributed by atoms with van der Waals surface area (Å²) in [5.74, 6) is 1.19. The van der Waals surface area contributed by atoms with E-state index in [2.05, 4.69) is 21.8 Å². The SMILES string of the molecule is CC1CCCCN1c1cc(SCC(=O)N2CCN(c3ccccc3F)CC2)ncn1. The molecule has 0 aliphatic carbocycles. The van der Waals surface area contributed by atoms with Crippen LogP contribution in [0.2, 0.25) is 0 Å². The summed E-state index contributed by atoms with van der Waals surface area (Å²) in [6, 6.07) is 9.28. The zero-order valence-corrected chi connectivity index (χ0v) is 18.2. The van der Waals surface area contributed by atoms with E-state index in [1.54, 1.807) is 18.5 Å². The van der Waals surface area contributed by atoms with Crippen molar-refractivity contribution in [3.63, 3.8) is 0 Å². The second-order valence-electron chi connectivity index (χ2n) is 7.86. The van der Waals surface area contributed by atoms with Crippen molar-refractivity contribution in [3.05, 3.63) is 42.5 Å². The Balaban J connectivity index is 1.29. The van der Waals surface area contributed by atoms with E-state index in [0.29, 0.717) is 43.7 Å². The lowest BCUT2D eigenvalue weighted by Crippen LogP contribution is -2.49. The number of thioether (sulfide) groups is 1. The van der Waals surface area contributed by atoms with Crippen LogP contribution < -0.4 is 9.80 Å². The van der Waals surface area contributed by atoms with Gasteiger partial charge in [-0.25, -0.2) is 14.4 Å². The Kier molecular flexibility index (Phi) is 6.72. The highest BCUT2D eigenvalue weighted by Gasteiger charge is 2.23. The predicted molar refractivity (Wildman–Crippen MR) is 119 cm³/mol. The first-order valence-electron chi connectivity index (χ1n) is 10.6. The first-order valence-corrected chi connectivity index (χ1v) is 11.6. The third kappa shape index (κ3) is 4.86. The van der Waals surface area contributed by atoms with E-state index in [0.717, 1.165) is 17.4 Å². The lowest BCUT2D eigenvalue weighted by molar-refractivity contribution is -0.128. The highest BCUT2D eigenvalue weighted by atomic mass is 32.2. The molecule has 1 amide bonds. The molecule has 1 unspecified atom stereocenters. The quantitative estimate of drug-likeness (QED) is 0.536. The van der Waals surface area contributed by atoms with Gasteiger partial charge in [0.25, 0.3) is 0 Å². The molecule has 0 bridgehead atoms. The fourth-order valence-electron chi connectivity index (χ4n) is 4.14. The van der Waals surface area contributed by atoms with Gasteiger partial charge >= 0.3 is 0 Å². The molecule has 2 aliphatic heterocycles. The van der Waals surface area contributed by atoms with E-state index < -0.39 is 0 Å². The Morgan fingerprint density at radius 3 is 2.70 bits per heavy atom. The molecule has 0 spiro atoms. The summed E-state index contributed by atoms with van der Waals surface area (Å²) in [7, 11) is 0. The van der Waals surface area contributed by atoms with Gasteiger partial charge in [-0.3, -0.25) is 4.79 Å². The highest BCUT2D eigenvalue weighted by molar-refractivity contribution is 7.99. The molecule has 160 valence electrons. The van der Waals surface area contributed by atoms with E-state index in [9.17, 15) is 9.18 Å². The summed E-state index contributed by atoms with van der Waals surface area (Å²) in [6.45, 7) is 5.75. The van der Waals surface area contributed by atoms with Gasteiger partial charge in [0.1, 0.15) is 23.0 Å². The number of piperazine rings is 1. The molecule has 3 heterocycles. The molecule has 2 aromatic rings. The zero-order valence-electron chi connectivity index (χ0n) is 17.3. The Bertz CT molecular complexity index is 874. The van der Waals surface area contributed by atoms with Crippen molar-refractivity contribution in [1.82, 2.24) is 14.9 Å². The van der Waals surface area contributed by atoms with E-state index >= 15 is 0 Å². The van der Waals surface area contributed by atoms with Gasteiger partial charge in [-0.15, -0.1) is 0 Å². The van der Waals surface area contributed by atoms with E-state index in [-0.39, 0.29) is 11.7 Å². The molecule has 6 nitrogen and oxygen atoms in total. The number of nitrogens with zero attached hydrogens (tertiary/aromatic N) is 5. The number of para-hydroxylation sites is 1. The molecule has 4 rings (SSSR count). The number of benzene rings is 1. The van der Waals surface area contributed by atoms with Crippen LogP contribution in [0.1, 0.15) is 26.2 Å². The van der Waals surface area contributed by atoms with Gasteiger partial charge < -0.3 is 14.7 Å². The first kappa shape index (κ1) is 20.9. The molecule has 1 aromatic carbocycles. The highest BCUT2D eigenvalue weighted by Crippen LogP contribution is 2.26. The Hall–Kier alpha value is -2.35. The van der Waals surface area contributed by atoms with E-state index in [1.807, 2.05) is 21.9 Å². The molecule has 0 saturated carbocycles. The average Bonchev–Trinajstić information content (AvgIpc) is 2.78. The van der Waals surface area contributed by atoms with Crippen LogP contribution >= 0.6 is 11.8 Å². The van der Waals surface area contributed by atoms with Gasteiger partial charge in [-0.05, 0) is 38.3 Å². The van der Waals surface area contributed by atoms with Crippen LogP contribution in [0, 0.1) is 5.82 Å². The molecule has 0 N–H and O–H groups in total. The monoisotopic (exact) mass is 429 g/mol. The molecular formula is C22H28FN5OS. The first-order chi connectivity index (χ1) is 14.6. The lowest BCUT2D eigenvalue weighted by Gasteiger charge is -2.36. The van der Waals surface area contributed by atoms with Gasteiger partial charge in [0.2, 0.25) is 5.91 Å². The summed E-state index contributed by atoms with van der Waals surface area (Å²) < 4.78 is 14.0. The number of hydrogen-bond donors (Lipinski definition) is 0. The minimum Gasteiger partial charge on any atom is -0.366 e. The van der Waals surface area contributed by atoms with Crippen LogP contribution in [0.4, 0.5) is 15.9 Å². The van der Waals surface area contributed by atoms with Crippen LogP contribution in [0.3, 0.4) is 0 Å². The molecule has 2 saturated heterocycles. The third-order valence-electron chi connectivity index (χ3n) is 5.89. The summed E-state index contributed by atoms with van der Waals surface area (Å²) in [5, 5.41) is 0.830. The molecule has 2 fully saturated rings. The summed E-state index contributed by atoms with van der Waals surface area (Å²) in [6.07, 6.45) is 5.23. The lowest BCUT2D eigenvalue weighted by atomic mass is 10.0. The second-order valence-corrected chi connectivity index (χ2v) is 8.86. The van der Waals surface area contributed by atoms with Crippen molar-refractivity contribution in [2.45, 2.75) is 37.3 Å². The zero-order chi connectivity index (χ0) is 20.9. The van der Waals surface area contributed by atoms with Gasteiger partial charge in [0, 0.05) is 44.8 Å². The van der Waals surface area contributed by atoms with Gasteiger partial charge in [0.05, 0.1) is 11.4 Å². The standard InChI is InChI=1S/C22H28FN5OS/c1-17-6-4-5-9-28(17)20-14-21(25-16-24-20)30-15-22(29)27-12-10-26(11-13-27)19-8-3-2-7-18(19)23/h2-3,7-8,14,16-17H,4-6,9-13,15H2,1H3. The number of amides is 1. The fourth-order valence-corrected chi connectivity index (χ4v) is 4.90. The number of piperidine rings is 1. The van der Waals surface area contributed by atoms with Gasteiger partial charge in [0.15, 0.2) is 0 Å². The van der Waals surface area contributed by atoms with Crippen molar-refractivity contribution in [3.8, 4) is 0 Å². The van der Waals surface area contributed by atoms with Gasteiger partial charge in [-0.1, -0.05) is 23.9 Å². The maximum absolute atomic E-state index is 14.0. The minimum absolute atomic E-state index is 0.0969. The fraction of sp³-hybridized carbons (Fsp3) is 0.500. The van der Waals surface area contributed by atoms with Crippen molar-refractivity contribution in [2.24, 2.45) is 0 Å². The number of hydrogen-bond acceptors (Lipinski definition) is 6. The molecule has 2 aliphatic rings. The summed E-state index contributed by atoms with van der Waals surface area (Å²) in [4.78, 5) is 27.7. The summed E-state index contributed by atoms with van der Waals surface area (Å²) in [5.41, 5.74) is 0.611. The predicted octanol–water partition coefficient (Wildman–Crippen LogP) is 3.44. The van der Waals surface area contributed by atoms with Crippen molar-refractivity contribution in [2.75, 3.05) is 48.3 Å².